The summed E-state index contributed by atoms with van der Waals surface area (Å²) in [4.78, 5) is 6.79. The number of nitrogens with one attached hydrogen (secondary N) is 2. The van der Waals surface area contributed by atoms with E-state index in [0.717, 1.165) is 12.8 Å². The van der Waals surface area contributed by atoms with Crippen molar-refractivity contribution in [3.63, 3.8) is 0 Å². The van der Waals surface area contributed by atoms with Gasteiger partial charge in [-0.15, -0.1) is 0 Å². The summed E-state index contributed by atoms with van der Waals surface area (Å²) in [6.07, 6.45) is -1.25. The zero-order chi connectivity index (χ0) is 14.8. The Bertz CT molecular complexity index is 463. The maximum absolute atomic E-state index is 12.7. The standard InChI is InChI=1S/C12H18F3N5/c1-7-2-3-8(4-7)6-17-9-5-10(20-16)19-11(18-9)12(13,14)15/h5,7-8H,2-4,6,16H2,1H3,(H2,17,18,19,20). The average molecular weight is 289 g/mol. The van der Waals surface area contributed by atoms with Crippen molar-refractivity contribution in [2.45, 2.75) is 32.4 Å². The van der Waals surface area contributed by atoms with Gasteiger partial charge in [0.2, 0.25) is 5.82 Å². The molecule has 4 N–H and O–H groups in total. The third kappa shape index (κ3) is 3.72. The summed E-state index contributed by atoms with van der Waals surface area (Å²) in [6, 6.07) is 1.37. The molecule has 0 amide bonds. The summed E-state index contributed by atoms with van der Waals surface area (Å²) < 4.78 is 38.0. The number of rotatable bonds is 4. The number of halogens is 3. The number of nitrogens with two attached hydrogens (primary N) is 1. The van der Waals surface area contributed by atoms with Crippen LogP contribution in [0.25, 0.3) is 0 Å². The zero-order valence-corrected chi connectivity index (χ0v) is 11.2. The van der Waals surface area contributed by atoms with E-state index in [1.165, 1.54) is 12.5 Å². The smallest absolute Gasteiger partial charge is 0.370 e. The highest BCUT2D eigenvalue weighted by Crippen LogP contribution is 2.31. The van der Waals surface area contributed by atoms with Crippen molar-refractivity contribution in [1.29, 1.82) is 0 Å². The highest BCUT2D eigenvalue weighted by molar-refractivity contribution is 5.47. The number of aromatic nitrogens is 2. The minimum absolute atomic E-state index is 0.0605. The van der Waals surface area contributed by atoms with Gasteiger partial charge < -0.3 is 10.7 Å². The van der Waals surface area contributed by atoms with Gasteiger partial charge in [-0.3, -0.25) is 0 Å². The van der Waals surface area contributed by atoms with Crippen LogP contribution in [0.2, 0.25) is 0 Å². The molecule has 1 fully saturated rings. The van der Waals surface area contributed by atoms with E-state index in [0.29, 0.717) is 18.4 Å². The third-order valence-corrected chi connectivity index (χ3v) is 3.50. The molecule has 8 heteroatoms. The Balaban J connectivity index is 2.07. The molecule has 0 radical (unpaired) electrons. The first-order chi connectivity index (χ1) is 9.38. The van der Waals surface area contributed by atoms with Crippen molar-refractivity contribution in [3.8, 4) is 0 Å². The predicted octanol–water partition coefficient (Wildman–Crippen LogP) is 2.63. The first kappa shape index (κ1) is 14.8. The molecule has 2 atom stereocenters. The average Bonchev–Trinajstić information content (AvgIpc) is 2.81. The van der Waals surface area contributed by atoms with E-state index in [1.807, 2.05) is 0 Å². The molecule has 112 valence electrons. The summed E-state index contributed by atoms with van der Waals surface area (Å²) in [5, 5.41) is 2.95. The summed E-state index contributed by atoms with van der Waals surface area (Å²) in [5.41, 5.74) is 2.12. The fraction of sp³-hybridized carbons (Fsp3) is 0.667. The lowest BCUT2D eigenvalue weighted by atomic mass is 10.1. The second-order valence-electron chi connectivity index (χ2n) is 5.27. The van der Waals surface area contributed by atoms with Crippen LogP contribution in [0.15, 0.2) is 6.07 Å². The molecule has 20 heavy (non-hydrogen) atoms. The van der Waals surface area contributed by atoms with Crippen LogP contribution < -0.4 is 16.6 Å². The van der Waals surface area contributed by atoms with Crippen LogP contribution in [0.5, 0.6) is 0 Å². The molecule has 0 saturated heterocycles. The number of nitrogen functional groups attached to an aromatic ring is 1. The van der Waals surface area contributed by atoms with Crippen molar-refractivity contribution < 1.29 is 13.2 Å². The number of anilines is 2. The molecule has 0 bridgehead atoms. The van der Waals surface area contributed by atoms with Crippen LogP contribution in [-0.2, 0) is 6.18 Å². The Hall–Kier alpha value is -1.57. The van der Waals surface area contributed by atoms with Gasteiger partial charge in [0, 0.05) is 12.6 Å². The monoisotopic (exact) mass is 289 g/mol. The largest absolute Gasteiger partial charge is 0.451 e. The van der Waals surface area contributed by atoms with Crippen LogP contribution in [0.1, 0.15) is 32.0 Å². The van der Waals surface area contributed by atoms with Gasteiger partial charge in [-0.05, 0) is 24.7 Å². The zero-order valence-electron chi connectivity index (χ0n) is 11.2. The second-order valence-corrected chi connectivity index (χ2v) is 5.27. The van der Waals surface area contributed by atoms with Crippen molar-refractivity contribution in [1.82, 2.24) is 9.97 Å². The fourth-order valence-electron chi connectivity index (χ4n) is 2.50. The predicted molar refractivity (Wildman–Crippen MR) is 69.8 cm³/mol. The highest BCUT2D eigenvalue weighted by atomic mass is 19.4. The summed E-state index contributed by atoms with van der Waals surface area (Å²) in [7, 11) is 0. The van der Waals surface area contributed by atoms with E-state index in [4.69, 9.17) is 5.84 Å². The minimum atomic E-state index is -4.59. The summed E-state index contributed by atoms with van der Waals surface area (Å²) in [6.45, 7) is 2.80. The molecule has 0 spiro atoms. The number of hydrogen-bond acceptors (Lipinski definition) is 5. The number of alkyl halides is 3. The highest BCUT2D eigenvalue weighted by Gasteiger charge is 2.35. The van der Waals surface area contributed by atoms with E-state index < -0.39 is 12.0 Å². The fourth-order valence-corrected chi connectivity index (χ4v) is 2.50. The van der Waals surface area contributed by atoms with Crippen LogP contribution in [0.3, 0.4) is 0 Å². The molecule has 5 nitrogen and oxygen atoms in total. The Morgan fingerprint density at radius 3 is 2.55 bits per heavy atom. The normalized spacial score (nSPS) is 22.9. The van der Waals surface area contributed by atoms with Crippen LogP contribution in [0.4, 0.5) is 24.8 Å². The van der Waals surface area contributed by atoms with Crippen LogP contribution in [0, 0.1) is 11.8 Å². The van der Waals surface area contributed by atoms with Gasteiger partial charge in [-0.2, -0.15) is 13.2 Å². The van der Waals surface area contributed by atoms with Gasteiger partial charge >= 0.3 is 6.18 Å². The van der Waals surface area contributed by atoms with Gasteiger partial charge in [-0.25, -0.2) is 15.8 Å². The minimum Gasteiger partial charge on any atom is -0.370 e. The number of hydrogen-bond donors (Lipinski definition) is 3. The molecule has 1 aliphatic rings. The molecule has 1 heterocycles. The summed E-state index contributed by atoms with van der Waals surface area (Å²) in [5.74, 6) is 5.17. The van der Waals surface area contributed by atoms with E-state index in [-0.39, 0.29) is 11.6 Å². The van der Waals surface area contributed by atoms with E-state index in [1.54, 1.807) is 0 Å². The van der Waals surface area contributed by atoms with Gasteiger partial charge in [-0.1, -0.05) is 13.3 Å². The molecule has 1 saturated carbocycles. The van der Waals surface area contributed by atoms with Gasteiger partial charge in [0.25, 0.3) is 0 Å². The quantitative estimate of drug-likeness (QED) is 0.587. The van der Waals surface area contributed by atoms with E-state index in [2.05, 4.69) is 27.6 Å². The molecule has 0 aliphatic heterocycles. The Morgan fingerprint density at radius 2 is 2.00 bits per heavy atom. The van der Waals surface area contributed by atoms with Crippen molar-refractivity contribution in [3.05, 3.63) is 11.9 Å². The molecular weight excluding hydrogens is 271 g/mol. The SMILES string of the molecule is CC1CCC(CNc2cc(NN)nc(C(F)(F)F)n2)C1. The molecule has 0 aromatic carbocycles. The Labute approximate surface area is 115 Å². The second kappa shape index (κ2) is 5.82. The third-order valence-electron chi connectivity index (χ3n) is 3.50. The first-order valence-electron chi connectivity index (χ1n) is 6.55. The van der Waals surface area contributed by atoms with Gasteiger partial charge in [0.05, 0.1) is 0 Å². The van der Waals surface area contributed by atoms with Gasteiger partial charge in [0.1, 0.15) is 11.6 Å². The van der Waals surface area contributed by atoms with E-state index in [9.17, 15) is 13.2 Å². The topological polar surface area (TPSA) is 75.9 Å². The lowest BCUT2D eigenvalue weighted by Gasteiger charge is -2.14. The lowest BCUT2D eigenvalue weighted by molar-refractivity contribution is -0.144. The van der Waals surface area contributed by atoms with Crippen molar-refractivity contribution in [2.24, 2.45) is 17.7 Å². The first-order valence-corrected chi connectivity index (χ1v) is 6.55. The Morgan fingerprint density at radius 1 is 1.30 bits per heavy atom. The molecule has 2 unspecified atom stereocenters. The van der Waals surface area contributed by atoms with Crippen LogP contribution in [-0.4, -0.2) is 16.5 Å². The molecule has 1 aromatic heterocycles. The number of hydrazine groups is 1. The summed E-state index contributed by atoms with van der Waals surface area (Å²) >= 11 is 0. The van der Waals surface area contributed by atoms with Crippen molar-refractivity contribution >= 4 is 11.6 Å². The molecule has 2 rings (SSSR count). The molecule has 1 aromatic rings. The Kier molecular flexibility index (Phi) is 4.32. The van der Waals surface area contributed by atoms with E-state index >= 15 is 0 Å². The molecule has 1 aliphatic carbocycles. The van der Waals surface area contributed by atoms with Gasteiger partial charge in [0.15, 0.2) is 0 Å². The number of nitrogens with zero attached hydrogens (tertiary/aromatic N) is 2. The molecular formula is C12H18F3N5. The van der Waals surface area contributed by atoms with Crippen molar-refractivity contribution in [2.75, 3.05) is 17.3 Å². The van der Waals surface area contributed by atoms with Crippen LogP contribution >= 0.6 is 0 Å². The maximum atomic E-state index is 12.7. The lowest BCUT2D eigenvalue weighted by Crippen LogP contribution is -2.19. The maximum Gasteiger partial charge on any atom is 0.451 e.